The predicted molar refractivity (Wildman–Crippen MR) is 78.9 cm³/mol. The average Bonchev–Trinajstić information content (AvgIpc) is 2.48. The van der Waals surface area contributed by atoms with Crippen molar-refractivity contribution in [1.82, 2.24) is 4.90 Å². The van der Waals surface area contributed by atoms with E-state index in [9.17, 15) is 5.11 Å². The van der Waals surface area contributed by atoms with Crippen molar-refractivity contribution in [2.24, 2.45) is 0 Å². The number of nitrogens with zero attached hydrogens (tertiary/aromatic N) is 1. The van der Waals surface area contributed by atoms with Crippen molar-refractivity contribution in [3.05, 3.63) is 23.8 Å². The van der Waals surface area contributed by atoms with Crippen molar-refractivity contribution in [2.45, 2.75) is 24.9 Å². The van der Waals surface area contributed by atoms with Crippen LogP contribution in [-0.2, 0) is 0 Å². The Labute approximate surface area is 120 Å². The van der Waals surface area contributed by atoms with Gasteiger partial charge in [-0.2, -0.15) is 0 Å². The molecule has 1 aliphatic heterocycles. The minimum absolute atomic E-state index is 0.172. The number of β-amino-alcohol motifs (C(OH)–C–C–N with tert-alkyl or cyclic N) is 1. The van der Waals surface area contributed by atoms with Crippen LogP contribution in [0.4, 0.5) is 5.69 Å². The summed E-state index contributed by atoms with van der Waals surface area (Å²) in [5.74, 6) is 1.24. The number of nitrogen functional groups attached to an aromatic ring is 1. The SMILES string of the molecule is COc1cc(C2CCN(CC(O)CO)CC2)ccc1N. The Morgan fingerprint density at radius 2 is 2.10 bits per heavy atom. The lowest BCUT2D eigenvalue weighted by Gasteiger charge is -2.33. The molecule has 1 unspecified atom stereocenters. The van der Waals surface area contributed by atoms with Crippen molar-refractivity contribution in [2.75, 3.05) is 39.1 Å². The molecule has 4 N–H and O–H groups in total. The summed E-state index contributed by atoms with van der Waals surface area (Å²) in [5, 5.41) is 18.3. The van der Waals surface area contributed by atoms with Crippen molar-refractivity contribution in [3.63, 3.8) is 0 Å². The Hall–Kier alpha value is -1.30. The number of aliphatic hydroxyl groups is 2. The molecule has 0 aromatic heterocycles. The summed E-state index contributed by atoms with van der Waals surface area (Å²) in [6.45, 7) is 2.26. The van der Waals surface area contributed by atoms with E-state index in [0.717, 1.165) is 31.7 Å². The van der Waals surface area contributed by atoms with Gasteiger partial charge in [0.1, 0.15) is 5.75 Å². The third-order valence-electron chi connectivity index (χ3n) is 4.00. The van der Waals surface area contributed by atoms with Crippen LogP contribution in [0.1, 0.15) is 24.3 Å². The molecule has 0 saturated carbocycles. The molecular formula is C15H24N2O3. The number of rotatable bonds is 5. The van der Waals surface area contributed by atoms with Gasteiger partial charge in [0, 0.05) is 6.54 Å². The van der Waals surface area contributed by atoms with Gasteiger partial charge in [-0.15, -0.1) is 0 Å². The largest absolute Gasteiger partial charge is 0.495 e. The van der Waals surface area contributed by atoms with E-state index in [1.807, 2.05) is 12.1 Å². The minimum Gasteiger partial charge on any atom is -0.495 e. The highest BCUT2D eigenvalue weighted by atomic mass is 16.5. The summed E-state index contributed by atoms with van der Waals surface area (Å²) in [6, 6.07) is 6.00. The van der Waals surface area contributed by atoms with Gasteiger partial charge >= 0.3 is 0 Å². The fraction of sp³-hybridized carbons (Fsp3) is 0.600. The highest BCUT2D eigenvalue weighted by molar-refractivity contribution is 5.54. The van der Waals surface area contributed by atoms with Gasteiger partial charge in [0.2, 0.25) is 0 Å². The highest BCUT2D eigenvalue weighted by Crippen LogP contribution is 2.32. The topological polar surface area (TPSA) is 79.0 Å². The summed E-state index contributed by atoms with van der Waals surface area (Å²) >= 11 is 0. The lowest BCUT2D eigenvalue weighted by Crippen LogP contribution is -2.39. The third-order valence-corrected chi connectivity index (χ3v) is 4.00. The first kappa shape index (κ1) is 15.1. The summed E-state index contributed by atoms with van der Waals surface area (Å²) in [6.07, 6.45) is 1.46. The van der Waals surface area contributed by atoms with Gasteiger partial charge < -0.3 is 25.6 Å². The molecule has 5 heteroatoms. The number of hydrogen-bond donors (Lipinski definition) is 3. The Morgan fingerprint density at radius 1 is 1.40 bits per heavy atom. The van der Waals surface area contributed by atoms with Crippen LogP contribution in [0, 0.1) is 0 Å². The number of likely N-dealkylation sites (tertiary alicyclic amines) is 1. The Bertz CT molecular complexity index is 431. The smallest absolute Gasteiger partial charge is 0.142 e. The monoisotopic (exact) mass is 280 g/mol. The molecule has 1 fully saturated rings. The number of benzene rings is 1. The summed E-state index contributed by atoms with van der Waals surface area (Å²) < 4.78 is 5.27. The molecule has 20 heavy (non-hydrogen) atoms. The first-order valence-electron chi connectivity index (χ1n) is 7.08. The van der Waals surface area contributed by atoms with Crippen LogP contribution >= 0.6 is 0 Å². The van der Waals surface area contributed by atoms with Gasteiger partial charge in [-0.25, -0.2) is 0 Å². The van der Waals surface area contributed by atoms with E-state index < -0.39 is 6.10 Å². The third kappa shape index (κ3) is 3.62. The maximum Gasteiger partial charge on any atom is 0.142 e. The molecule has 1 aromatic carbocycles. The normalized spacial score (nSPS) is 18.9. The molecule has 1 atom stereocenters. The molecule has 112 valence electrons. The van der Waals surface area contributed by atoms with Crippen LogP contribution in [-0.4, -0.2) is 54.6 Å². The number of methoxy groups -OCH3 is 1. The van der Waals surface area contributed by atoms with Crippen molar-refractivity contribution in [3.8, 4) is 5.75 Å². The molecule has 0 aliphatic carbocycles. The second-order valence-electron chi connectivity index (χ2n) is 5.41. The number of piperidine rings is 1. The number of hydrogen-bond acceptors (Lipinski definition) is 5. The molecule has 0 bridgehead atoms. The molecule has 5 nitrogen and oxygen atoms in total. The zero-order chi connectivity index (χ0) is 14.5. The van der Waals surface area contributed by atoms with Crippen molar-refractivity contribution in [1.29, 1.82) is 0 Å². The second kappa shape index (κ2) is 6.92. The van der Waals surface area contributed by atoms with E-state index in [1.54, 1.807) is 7.11 Å². The Kier molecular flexibility index (Phi) is 5.23. The van der Waals surface area contributed by atoms with Crippen LogP contribution in [0.5, 0.6) is 5.75 Å². The van der Waals surface area contributed by atoms with E-state index in [4.69, 9.17) is 15.6 Å². The molecular weight excluding hydrogens is 256 g/mol. The zero-order valence-corrected chi connectivity index (χ0v) is 12.0. The van der Waals surface area contributed by atoms with Gasteiger partial charge in [0.25, 0.3) is 0 Å². The van der Waals surface area contributed by atoms with Crippen LogP contribution < -0.4 is 10.5 Å². The number of anilines is 1. The standard InChI is InChI=1S/C15H24N2O3/c1-20-15-8-12(2-3-14(15)16)11-4-6-17(7-5-11)9-13(19)10-18/h2-3,8,11,13,18-19H,4-7,9-10,16H2,1H3. The summed E-state index contributed by atoms with van der Waals surface area (Å²) in [4.78, 5) is 2.20. The fourth-order valence-electron chi connectivity index (χ4n) is 2.79. The highest BCUT2D eigenvalue weighted by Gasteiger charge is 2.22. The Balaban J connectivity index is 1.93. The lowest BCUT2D eigenvalue weighted by molar-refractivity contribution is 0.0513. The first-order valence-corrected chi connectivity index (χ1v) is 7.08. The lowest BCUT2D eigenvalue weighted by atomic mass is 9.89. The second-order valence-corrected chi connectivity index (χ2v) is 5.41. The van der Waals surface area contributed by atoms with Gasteiger partial charge in [-0.05, 0) is 49.5 Å². The van der Waals surface area contributed by atoms with Crippen LogP contribution in [0.3, 0.4) is 0 Å². The van der Waals surface area contributed by atoms with Gasteiger partial charge in [0.05, 0.1) is 25.5 Å². The maximum atomic E-state index is 9.47. The quantitative estimate of drug-likeness (QED) is 0.696. The molecule has 1 heterocycles. The number of aliphatic hydroxyl groups excluding tert-OH is 2. The van der Waals surface area contributed by atoms with E-state index in [2.05, 4.69) is 11.0 Å². The molecule has 0 spiro atoms. The van der Waals surface area contributed by atoms with Crippen LogP contribution in [0.25, 0.3) is 0 Å². The minimum atomic E-state index is -0.636. The molecule has 2 rings (SSSR count). The predicted octanol–water partition coefficient (Wildman–Crippen LogP) is 0.810. The average molecular weight is 280 g/mol. The fourth-order valence-corrected chi connectivity index (χ4v) is 2.79. The maximum absolute atomic E-state index is 9.47. The van der Waals surface area contributed by atoms with Gasteiger partial charge in [0.15, 0.2) is 0 Å². The van der Waals surface area contributed by atoms with Crippen LogP contribution in [0.2, 0.25) is 0 Å². The first-order chi connectivity index (χ1) is 9.63. The number of nitrogens with two attached hydrogens (primary N) is 1. The van der Waals surface area contributed by atoms with E-state index in [-0.39, 0.29) is 6.61 Å². The van der Waals surface area contributed by atoms with Crippen molar-refractivity contribution < 1.29 is 14.9 Å². The summed E-state index contributed by atoms with van der Waals surface area (Å²) in [7, 11) is 1.63. The molecule has 0 amide bonds. The van der Waals surface area contributed by atoms with E-state index in [0.29, 0.717) is 18.2 Å². The van der Waals surface area contributed by atoms with Gasteiger partial charge in [-0.3, -0.25) is 0 Å². The molecule has 0 radical (unpaired) electrons. The van der Waals surface area contributed by atoms with E-state index >= 15 is 0 Å². The Morgan fingerprint density at radius 3 is 2.70 bits per heavy atom. The van der Waals surface area contributed by atoms with Crippen molar-refractivity contribution >= 4 is 5.69 Å². The van der Waals surface area contributed by atoms with Gasteiger partial charge in [-0.1, -0.05) is 6.07 Å². The summed E-state index contributed by atoms with van der Waals surface area (Å²) in [5.41, 5.74) is 7.77. The molecule has 1 saturated heterocycles. The van der Waals surface area contributed by atoms with Crippen LogP contribution in [0.15, 0.2) is 18.2 Å². The zero-order valence-electron chi connectivity index (χ0n) is 12.0. The number of ether oxygens (including phenoxy) is 1. The van der Waals surface area contributed by atoms with E-state index in [1.165, 1.54) is 5.56 Å². The molecule has 1 aromatic rings. The molecule has 1 aliphatic rings.